The van der Waals surface area contributed by atoms with Crippen molar-refractivity contribution in [1.29, 1.82) is 0 Å². The average molecular weight is 450 g/mol. The summed E-state index contributed by atoms with van der Waals surface area (Å²) in [5, 5.41) is 6.30. The topological polar surface area (TPSA) is 71.4 Å². The Hall–Kier alpha value is -3.19. The molecule has 1 fully saturated rings. The Labute approximate surface area is 195 Å². The fraction of sp³-hybridized carbons (Fsp3) is 0.423. The first-order valence-corrected chi connectivity index (χ1v) is 11.4. The van der Waals surface area contributed by atoms with Gasteiger partial charge >= 0.3 is 0 Å². The fourth-order valence-electron chi connectivity index (χ4n) is 4.04. The van der Waals surface area contributed by atoms with Crippen molar-refractivity contribution >= 4 is 17.5 Å². The van der Waals surface area contributed by atoms with Crippen LogP contribution in [-0.2, 0) is 14.3 Å². The summed E-state index contributed by atoms with van der Waals surface area (Å²) in [6.45, 7) is 2.83. The first-order valence-electron chi connectivity index (χ1n) is 11.4. The summed E-state index contributed by atoms with van der Waals surface area (Å²) < 4.78 is 10.4. The van der Waals surface area contributed by atoms with Crippen molar-refractivity contribution in [2.24, 2.45) is 11.0 Å². The van der Waals surface area contributed by atoms with Crippen LogP contribution in [0.2, 0.25) is 0 Å². The molecule has 0 aromatic heterocycles. The number of benzene rings is 2. The van der Waals surface area contributed by atoms with Gasteiger partial charge in [-0.15, -0.1) is 0 Å². The highest BCUT2D eigenvalue weighted by molar-refractivity contribution is 6.03. The standard InChI is InChI=1S/C26H31N3O4/c1-18-4-6-20(7-5-18)24-16-23(19-10-12-22(33-3)13-11-19)27-29(24)25(30)17-28(14-15-32-2)26(31)21-8-9-21/h4-7,10-13,21,24H,8-9,14-17H2,1-3H3/t24-/m0/s1. The van der Waals surface area contributed by atoms with E-state index >= 15 is 0 Å². The van der Waals surface area contributed by atoms with Gasteiger partial charge in [0.1, 0.15) is 12.3 Å². The Morgan fingerprint density at radius 1 is 1.06 bits per heavy atom. The highest BCUT2D eigenvalue weighted by Gasteiger charge is 2.37. The van der Waals surface area contributed by atoms with Crippen molar-refractivity contribution in [1.82, 2.24) is 9.91 Å². The molecule has 2 amide bonds. The molecular formula is C26H31N3O4. The zero-order valence-corrected chi connectivity index (χ0v) is 19.5. The van der Waals surface area contributed by atoms with Gasteiger partial charge in [-0.2, -0.15) is 5.10 Å². The molecule has 1 heterocycles. The van der Waals surface area contributed by atoms with Crippen LogP contribution < -0.4 is 4.74 Å². The number of amides is 2. The van der Waals surface area contributed by atoms with Gasteiger partial charge in [-0.05, 0) is 55.2 Å². The van der Waals surface area contributed by atoms with Crippen LogP contribution in [-0.4, -0.2) is 61.4 Å². The summed E-state index contributed by atoms with van der Waals surface area (Å²) in [7, 11) is 3.23. The molecule has 0 N–H and O–H groups in total. The molecule has 33 heavy (non-hydrogen) atoms. The van der Waals surface area contributed by atoms with E-state index in [1.165, 1.54) is 0 Å². The Morgan fingerprint density at radius 2 is 1.76 bits per heavy atom. The van der Waals surface area contributed by atoms with E-state index in [1.54, 1.807) is 24.1 Å². The summed E-state index contributed by atoms with van der Waals surface area (Å²) >= 11 is 0. The Morgan fingerprint density at radius 3 is 2.36 bits per heavy atom. The molecule has 1 aliphatic carbocycles. The third-order valence-corrected chi connectivity index (χ3v) is 6.18. The minimum Gasteiger partial charge on any atom is -0.497 e. The van der Waals surface area contributed by atoms with E-state index in [0.717, 1.165) is 41.0 Å². The van der Waals surface area contributed by atoms with Gasteiger partial charge in [0.2, 0.25) is 5.91 Å². The number of rotatable bonds is 9. The Balaban J connectivity index is 1.59. The van der Waals surface area contributed by atoms with Gasteiger partial charge in [0, 0.05) is 26.0 Å². The van der Waals surface area contributed by atoms with Crippen LogP contribution in [0.25, 0.3) is 0 Å². The molecule has 0 spiro atoms. The number of hydrogen-bond donors (Lipinski definition) is 0. The molecule has 4 rings (SSSR count). The van der Waals surface area contributed by atoms with Gasteiger partial charge in [-0.3, -0.25) is 9.59 Å². The molecule has 7 heteroatoms. The molecule has 0 saturated heterocycles. The molecule has 0 bridgehead atoms. The molecular weight excluding hydrogens is 418 g/mol. The molecule has 2 aliphatic rings. The maximum atomic E-state index is 13.5. The number of ether oxygens (including phenoxy) is 2. The lowest BCUT2D eigenvalue weighted by atomic mass is 9.97. The van der Waals surface area contributed by atoms with Crippen LogP contribution >= 0.6 is 0 Å². The van der Waals surface area contributed by atoms with Gasteiger partial charge < -0.3 is 14.4 Å². The van der Waals surface area contributed by atoms with Crippen LogP contribution in [0.1, 0.15) is 42.0 Å². The van der Waals surface area contributed by atoms with E-state index in [0.29, 0.717) is 19.6 Å². The SMILES string of the molecule is COCCN(CC(=O)N1N=C(c2ccc(OC)cc2)C[C@H]1c1ccc(C)cc1)C(=O)C1CC1. The number of nitrogens with zero attached hydrogens (tertiary/aromatic N) is 3. The van der Waals surface area contributed by atoms with Crippen molar-refractivity contribution in [3.63, 3.8) is 0 Å². The molecule has 7 nitrogen and oxygen atoms in total. The quantitative estimate of drug-likeness (QED) is 0.587. The summed E-state index contributed by atoms with van der Waals surface area (Å²) in [5.41, 5.74) is 3.98. The molecule has 1 aliphatic heterocycles. The van der Waals surface area contributed by atoms with Crippen molar-refractivity contribution in [3.05, 3.63) is 65.2 Å². The van der Waals surface area contributed by atoms with E-state index in [9.17, 15) is 9.59 Å². The summed E-state index contributed by atoms with van der Waals surface area (Å²) in [4.78, 5) is 27.8. The van der Waals surface area contributed by atoms with Gasteiger partial charge in [-0.25, -0.2) is 5.01 Å². The number of hydrazone groups is 1. The number of aryl methyl sites for hydroxylation is 1. The number of hydrogen-bond acceptors (Lipinski definition) is 5. The fourth-order valence-corrected chi connectivity index (χ4v) is 4.04. The lowest BCUT2D eigenvalue weighted by Gasteiger charge is -2.27. The van der Waals surface area contributed by atoms with Crippen LogP contribution in [0.4, 0.5) is 0 Å². The largest absolute Gasteiger partial charge is 0.497 e. The number of methoxy groups -OCH3 is 2. The summed E-state index contributed by atoms with van der Waals surface area (Å²) in [6.07, 6.45) is 2.40. The predicted octanol–water partition coefficient (Wildman–Crippen LogP) is 3.57. The molecule has 0 radical (unpaired) electrons. The van der Waals surface area contributed by atoms with E-state index in [1.807, 2.05) is 55.5 Å². The molecule has 2 aromatic carbocycles. The summed E-state index contributed by atoms with van der Waals surface area (Å²) in [6, 6.07) is 15.7. The Kier molecular flexibility index (Phi) is 7.08. The molecule has 2 aromatic rings. The Bertz CT molecular complexity index is 1010. The van der Waals surface area contributed by atoms with E-state index < -0.39 is 0 Å². The van der Waals surface area contributed by atoms with Gasteiger partial charge in [0.25, 0.3) is 5.91 Å². The monoisotopic (exact) mass is 449 g/mol. The lowest BCUT2D eigenvalue weighted by Crippen LogP contribution is -2.43. The van der Waals surface area contributed by atoms with E-state index in [4.69, 9.17) is 14.6 Å². The first-order chi connectivity index (χ1) is 16.0. The van der Waals surface area contributed by atoms with Crippen LogP contribution in [0.3, 0.4) is 0 Å². The first kappa shape index (κ1) is 23.0. The van der Waals surface area contributed by atoms with Gasteiger partial charge in [0.05, 0.1) is 25.5 Å². The lowest BCUT2D eigenvalue weighted by molar-refractivity contribution is -0.142. The number of carbonyl (C=O) groups is 2. The van der Waals surface area contributed by atoms with Crippen LogP contribution in [0.15, 0.2) is 53.6 Å². The van der Waals surface area contributed by atoms with Crippen LogP contribution in [0, 0.1) is 12.8 Å². The van der Waals surface area contributed by atoms with Crippen LogP contribution in [0.5, 0.6) is 5.75 Å². The minimum atomic E-state index is -0.212. The predicted molar refractivity (Wildman–Crippen MR) is 126 cm³/mol. The number of carbonyl (C=O) groups excluding carboxylic acids is 2. The maximum Gasteiger partial charge on any atom is 0.262 e. The van der Waals surface area contributed by atoms with Gasteiger partial charge in [0.15, 0.2) is 0 Å². The highest BCUT2D eigenvalue weighted by atomic mass is 16.5. The highest BCUT2D eigenvalue weighted by Crippen LogP contribution is 2.34. The average Bonchev–Trinajstić information content (AvgIpc) is 3.60. The van der Waals surface area contributed by atoms with Crippen molar-refractivity contribution < 1.29 is 19.1 Å². The van der Waals surface area contributed by atoms with E-state index in [2.05, 4.69) is 0 Å². The maximum absolute atomic E-state index is 13.5. The smallest absolute Gasteiger partial charge is 0.262 e. The minimum absolute atomic E-state index is 0.000444. The third-order valence-electron chi connectivity index (χ3n) is 6.18. The zero-order valence-electron chi connectivity index (χ0n) is 19.5. The third kappa shape index (κ3) is 5.42. The van der Waals surface area contributed by atoms with Crippen molar-refractivity contribution in [3.8, 4) is 5.75 Å². The second-order valence-electron chi connectivity index (χ2n) is 8.67. The molecule has 0 unspecified atom stereocenters. The summed E-state index contributed by atoms with van der Waals surface area (Å²) in [5.74, 6) is 0.659. The molecule has 1 atom stereocenters. The van der Waals surface area contributed by atoms with E-state index in [-0.39, 0.29) is 30.3 Å². The van der Waals surface area contributed by atoms with Crippen molar-refractivity contribution in [2.45, 2.75) is 32.2 Å². The molecule has 1 saturated carbocycles. The second kappa shape index (κ2) is 10.2. The van der Waals surface area contributed by atoms with Gasteiger partial charge in [-0.1, -0.05) is 29.8 Å². The van der Waals surface area contributed by atoms with Crippen molar-refractivity contribution in [2.75, 3.05) is 33.9 Å². The normalized spacial score (nSPS) is 17.6. The molecule has 174 valence electrons. The second-order valence-corrected chi connectivity index (χ2v) is 8.67. The zero-order chi connectivity index (χ0) is 23.4.